The van der Waals surface area contributed by atoms with Gasteiger partial charge in [0.15, 0.2) is 0 Å². The molecule has 0 aromatic heterocycles. The number of carbonyl (C=O) groups excluding carboxylic acids is 1. The number of ether oxygens (including phenoxy) is 2. The number of esters is 1. The van der Waals surface area contributed by atoms with Crippen molar-refractivity contribution in [1.82, 2.24) is 5.32 Å². The van der Waals surface area contributed by atoms with Gasteiger partial charge < -0.3 is 9.47 Å². The smallest absolute Gasteiger partial charge is 0.322 e. The number of rotatable bonds is 8. The van der Waals surface area contributed by atoms with Crippen molar-refractivity contribution in [1.29, 1.82) is 0 Å². The molecule has 0 fully saturated rings. The molecule has 1 N–H and O–H groups in total. The van der Waals surface area contributed by atoms with Gasteiger partial charge in [-0.2, -0.15) is 0 Å². The molecule has 2 aromatic carbocycles. The Balaban J connectivity index is 2.37. The van der Waals surface area contributed by atoms with Crippen molar-refractivity contribution in [3.05, 3.63) is 64.1 Å². The summed E-state index contributed by atoms with van der Waals surface area (Å²) in [5.41, 5.74) is 2.14. The predicted octanol–water partition coefficient (Wildman–Crippen LogP) is 4.72. The third kappa shape index (κ3) is 5.58. The Hall–Kier alpha value is -1.85. The van der Waals surface area contributed by atoms with Gasteiger partial charge in [-0.3, -0.25) is 10.1 Å². The van der Waals surface area contributed by atoms with Crippen molar-refractivity contribution in [2.75, 3.05) is 14.2 Å². The van der Waals surface area contributed by atoms with E-state index in [2.05, 4.69) is 47.2 Å². The molecule has 0 radical (unpaired) electrons. The largest absolute Gasteiger partial charge is 0.497 e. The molecule has 140 valence electrons. The van der Waals surface area contributed by atoms with Crippen molar-refractivity contribution in [3.63, 3.8) is 0 Å². The zero-order valence-electron chi connectivity index (χ0n) is 15.7. The molecule has 0 aliphatic rings. The van der Waals surface area contributed by atoms with Crippen LogP contribution in [0.25, 0.3) is 0 Å². The zero-order valence-corrected chi connectivity index (χ0v) is 17.2. The second kappa shape index (κ2) is 9.74. The molecule has 0 aliphatic heterocycles. The lowest BCUT2D eigenvalue weighted by molar-refractivity contribution is -0.143. The van der Waals surface area contributed by atoms with E-state index in [9.17, 15) is 4.79 Å². The maximum Gasteiger partial charge on any atom is 0.322 e. The van der Waals surface area contributed by atoms with Crippen LogP contribution in [0.5, 0.6) is 5.75 Å². The first kappa shape index (κ1) is 20.5. The number of halogens is 1. The monoisotopic (exact) mass is 419 g/mol. The minimum atomic E-state index is -0.379. The minimum Gasteiger partial charge on any atom is -0.497 e. The van der Waals surface area contributed by atoms with Crippen LogP contribution in [0.4, 0.5) is 0 Å². The normalized spacial score (nSPS) is 13.3. The van der Waals surface area contributed by atoms with Crippen LogP contribution in [-0.4, -0.2) is 26.2 Å². The van der Waals surface area contributed by atoms with Gasteiger partial charge in [-0.15, -0.1) is 0 Å². The number of benzene rings is 2. The first-order chi connectivity index (χ1) is 12.4. The highest BCUT2D eigenvalue weighted by molar-refractivity contribution is 9.10. The number of nitrogens with one attached hydrogen (secondary N) is 1. The van der Waals surface area contributed by atoms with Crippen molar-refractivity contribution in [2.45, 2.75) is 32.4 Å². The molecule has 0 saturated heterocycles. The van der Waals surface area contributed by atoms with Crippen LogP contribution in [0.15, 0.2) is 53.0 Å². The first-order valence-electron chi connectivity index (χ1n) is 8.68. The molecule has 1 unspecified atom stereocenters. The van der Waals surface area contributed by atoms with Crippen LogP contribution in [0, 0.1) is 5.92 Å². The lowest BCUT2D eigenvalue weighted by Crippen LogP contribution is -2.41. The standard InChI is InChI=1S/C21H26BrNO3/c1-14(2)13-19(21(24)26-4)23-20(15-5-9-17(22)10-6-15)16-7-11-18(25-3)12-8-16/h5-12,14,19-20,23H,13H2,1-4H3/t19-,20?/m0/s1. The summed E-state index contributed by atoms with van der Waals surface area (Å²) < 4.78 is 11.3. The van der Waals surface area contributed by atoms with Gasteiger partial charge in [-0.05, 0) is 47.7 Å². The Kier molecular flexibility index (Phi) is 7.66. The highest BCUT2D eigenvalue weighted by atomic mass is 79.9. The molecule has 0 spiro atoms. The van der Waals surface area contributed by atoms with E-state index in [1.165, 1.54) is 7.11 Å². The van der Waals surface area contributed by atoms with Crippen LogP contribution < -0.4 is 10.1 Å². The van der Waals surface area contributed by atoms with Gasteiger partial charge in [0.05, 0.1) is 20.3 Å². The van der Waals surface area contributed by atoms with E-state index in [1.54, 1.807) is 7.11 Å². The molecule has 0 saturated carbocycles. The SMILES string of the molecule is COC(=O)[C@H](CC(C)C)NC(c1ccc(Br)cc1)c1ccc(OC)cc1. The molecule has 26 heavy (non-hydrogen) atoms. The van der Waals surface area contributed by atoms with E-state index in [-0.39, 0.29) is 18.1 Å². The van der Waals surface area contributed by atoms with Crippen LogP contribution in [0.1, 0.15) is 37.4 Å². The quantitative estimate of drug-likeness (QED) is 0.628. The molecule has 2 aromatic rings. The first-order valence-corrected chi connectivity index (χ1v) is 9.47. The van der Waals surface area contributed by atoms with E-state index in [4.69, 9.17) is 9.47 Å². The summed E-state index contributed by atoms with van der Waals surface area (Å²) in [5.74, 6) is 0.928. The fourth-order valence-electron chi connectivity index (χ4n) is 2.88. The average molecular weight is 420 g/mol. The van der Waals surface area contributed by atoms with Crippen LogP contribution in [0.2, 0.25) is 0 Å². The van der Waals surface area contributed by atoms with Gasteiger partial charge in [0.1, 0.15) is 11.8 Å². The highest BCUT2D eigenvalue weighted by Crippen LogP contribution is 2.27. The van der Waals surface area contributed by atoms with E-state index >= 15 is 0 Å². The number of methoxy groups -OCH3 is 2. The van der Waals surface area contributed by atoms with Crippen LogP contribution in [-0.2, 0) is 9.53 Å². The van der Waals surface area contributed by atoms with Gasteiger partial charge >= 0.3 is 5.97 Å². The fraction of sp³-hybridized carbons (Fsp3) is 0.381. The van der Waals surface area contributed by atoms with Gasteiger partial charge in [0.25, 0.3) is 0 Å². The van der Waals surface area contributed by atoms with Crippen LogP contribution >= 0.6 is 15.9 Å². The fourth-order valence-corrected chi connectivity index (χ4v) is 3.15. The van der Waals surface area contributed by atoms with Crippen molar-refractivity contribution < 1.29 is 14.3 Å². The van der Waals surface area contributed by atoms with Gasteiger partial charge in [0, 0.05) is 4.47 Å². The Labute approximate surface area is 164 Å². The van der Waals surface area contributed by atoms with Crippen molar-refractivity contribution >= 4 is 21.9 Å². The number of hydrogen-bond donors (Lipinski definition) is 1. The third-order valence-corrected chi connectivity index (χ3v) is 4.74. The third-order valence-electron chi connectivity index (χ3n) is 4.21. The number of hydrogen-bond acceptors (Lipinski definition) is 4. The molecule has 0 heterocycles. The van der Waals surface area contributed by atoms with Gasteiger partial charge in [-0.25, -0.2) is 0 Å². The molecular weight excluding hydrogens is 394 g/mol. The molecule has 2 rings (SSSR count). The van der Waals surface area contributed by atoms with E-state index in [1.807, 2.05) is 36.4 Å². The summed E-state index contributed by atoms with van der Waals surface area (Å²) in [6.07, 6.45) is 0.704. The summed E-state index contributed by atoms with van der Waals surface area (Å²) >= 11 is 3.48. The van der Waals surface area contributed by atoms with Crippen molar-refractivity contribution in [2.24, 2.45) is 5.92 Å². The Bertz CT molecular complexity index is 698. The van der Waals surface area contributed by atoms with E-state index < -0.39 is 0 Å². The predicted molar refractivity (Wildman–Crippen MR) is 107 cm³/mol. The highest BCUT2D eigenvalue weighted by Gasteiger charge is 2.25. The van der Waals surface area contributed by atoms with E-state index in [0.717, 1.165) is 21.3 Å². The van der Waals surface area contributed by atoms with Crippen LogP contribution in [0.3, 0.4) is 0 Å². The molecule has 0 bridgehead atoms. The Morgan fingerprint density at radius 3 is 2.00 bits per heavy atom. The Morgan fingerprint density at radius 2 is 1.54 bits per heavy atom. The zero-order chi connectivity index (χ0) is 19.1. The topological polar surface area (TPSA) is 47.6 Å². The van der Waals surface area contributed by atoms with E-state index in [0.29, 0.717) is 12.3 Å². The minimum absolute atomic E-state index is 0.128. The maximum absolute atomic E-state index is 12.3. The molecular formula is C21H26BrNO3. The lowest BCUT2D eigenvalue weighted by Gasteiger charge is -2.26. The summed E-state index contributed by atoms with van der Waals surface area (Å²) in [7, 11) is 3.08. The molecule has 0 amide bonds. The lowest BCUT2D eigenvalue weighted by atomic mass is 9.95. The molecule has 4 nitrogen and oxygen atoms in total. The summed E-state index contributed by atoms with van der Waals surface area (Å²) in [6.45, 7) is 4.19. The summed E-state index contributed by atoms with van der Waals surface area (Å²) in [5, 5.41) is 3.49. The summed E-state index contributed by atoms with van der Waals surface area (Å²) in [6, 6.07) is 15.5. The van der Waals surface area contributed by atoms with Gasteiger partial charge in [0.2, 0.25) is 0 Å². The van der Waals surface area contributed by atoms with Gasteiger partial charge in [-0.1, -0.05) is 54.0 Å². The average Bonchev–Trinajstić information content (AvgIpc) is 2.65. The summed E-state index contributed by atoms with van der Waals surface area (Å²) in [4.78, 5) is 12.3. The molecule has 2 atom stereocenters. The Morgan fingerprint density at radius 1 is 1.00 bits per heavy atom. The second-order valence-electron chi connectivity index (χ2n) is 6.63. The molecule has 0 aliphatic carbocycles. The van der Waals surface area contributed by atoms with Crippen molar-refractivity contribution in [3.8, 4) is 5.75 Å². The number of carbonyl (C=O) groups is 1. The second-order valence-corrected chi connectivity index (χ2v) is 7.55. The maximum atomic E-state index is 12.3. The molecule has 5 heteroatoms.